The molecule has 0 N–H and O–H groups in total. The molecule has 0 unspecified atom stereocenters. The first-order valence-corrected chi connectivity index (χ1v) is 6.65. The summed E-state index contributed by atoms with van der Waals surface area (Å²) in [6, 6.07) is 6.22. The number of benzene rings is 1. The van der Waals surface area contributed by atoms with Gasteiger partial charge in [-0.25, -0.2) is 9.78 Å². The molecule has 0 atom stereocenters. The van der Waals surface area contributed by atoms with Crippen LogP contribution in [0.5, 0.6) is 0 Å². The number of aromatic nitrogens is 1. The monoisotopic (exact) mass is 244 g/mol. The summed E-state index contributed by atoms with van der Waals surface area (Å²) in [7, 11) is 0. The zero-order chi connectivity index (χ0) is 11.7. The Kier molecular flexibility index (Phi) is 2.54. The van der Waals surface area contributed by atoms with Crippen molar-refractivity contribution in [3.8, 4) is 0 Å². The van der Waals surface area contributed by atoms with E-state index in [1.165, 1.54) is 4.70 Å². The van der Waals surface area contributed by atoms with Crippen molar-refractivity contribution in [3.05, 3.63) is 29.3 Å². The predicted molar refractivity (Wildman–Crippen MR) is 67.9 cm³/mol. The normalized spacial score (nSPS) is 18.1. The Balaban J connectivity index is 2.14. The van der Waals surface area contributed by atoms with Gasteiger partial charge in [0.2, 0.25) is 6.08 Å². The van der Waals surface area contributed by atoms with Crippen LogP contribution >= 0.6 is 11.3 Å². The van der Waals surface area contributed by atoms with E-state index in [0.29, 0.717) is 0 Å². The Morgan fingerprint density at radius 2 is 2.18 bits per heavy atom. The number of rotatable bonds is 2. The fraction of sp³-hybridized carbons (Fsp3) is 0.385. The van der Waals surface area contributed by atoms with Gasteiger partial charge in [0.1, 0.15) is 0 Å². The van der Waals surface area contributed by atoms with Crippen LogP contribution in [0.2, 0.25) is 0 Å². The average Bonchev–Trinajstić information content (AvgIpc) is 2.96. The molecule has 4 heteroatoms. The third-order valence-electron chi connectivity index (χ3n) is 3.56. The lowest BCUT2D eigenvalue weighted by atomic mass is 9.89. The lowest BCUT2D eigenvalue weighted by Crippen LogP contribution is -2.18. The summed E-state index contributed by atoms with van der Waals surface area (Å²) < 4.78 is 1.18. The molecule has 0 saturated heterocycles. The van der Waals surface area contributed by atoms with Crippen molar-refractivity contribution in [2.24, 2.45) is 4.99 Å². The number of hydrogen-bond donors (Lipinski definition) is 0. The Bertz CT molecular complexity index is 592. The van der Waals surface area contributed by atoms with Crippen molar-refractivity contribution >= 4 is 27.6 Å². The predicted octanol–water partition coefficient (Wildman–Crippen LogP) is 3.40. The minimum Gasteiger partial charge on any atom is -0.245 e. The van der Waals surface area contributed by atoms with E-state index in [1.54, 1.807) is 17.4 Å². The van der Waals surface area contributed by atoms with Gasteiger partial charge in [0, 0.05) is 0 Å². The number of thiazole rings is 1. The Labute approximate surface area is 103 Å². The first-order chi connectivity index (χ1) is 8.34. The van der Waals surface area contributed by atoms with Crippen molar-refractivity contribution in [2.45, 2.75) is 31.2 Å². The van der Waals surface area contributed by atoms with Crippen LogP contribution in [-0.2, 0) is 10.3 Å². The highest BCUT2D eigenvalue weighted by Crippen LogP contribution is 2.42. The van der Waals surface area contributed by atoms with Gasteiger partial charge in [0.25, 0.3) is 0 Å². The molecule has 0 radical (unpaired) electrons. The summed E-state index contributed by atoms with van der Waals surface area (Å²) in [4.78, 5) is 19.1. The molecule has 0 bridgehead atoms. The number of hydrogen-bond acceptors (Lipinski definition) is 4. The van der Waals surface area contributed by atoms with Crippen LogP contribution in [0.25, 0.3) is 10.2 Å². The lowest BCUT2D eigenvalue weighted by molar-refractivity contribution is 0.456. The first-order valence-electron chi connectivity index (χ1n) is 5.77. The van der Waals surface area contributed by atoms with E-state index in [1.807, 2.05) is 5.51 Å². The molecule has 86 valence electrons. The van der Waals surface area contributed by atoms with Crippen molar-refractivity contribution in [1.29, 1.82) is 0 Å². The molecular formula is C13H12N2OS. The van der Waals surface area contributed by atoms with Gasteiger partial charge in [-0.15, -0.1) is 11.3 Å². The molecule has 1 aliphatic rings. The molecule has 3 rings (SSSR count). The third kappa shape index (κ3) is 1.70. The molecule has 1 heterocycles. The average molecular weight is 244 g/mol. The summed E-state index contributed by atoms with van der Waals surface area (Å²) in [5.41, 5.74) is 3.62. The van der Waals surface area contributed by atoms with E-state index in [-0.39, 0.29) is 5.54 Å². The molecule has 3 nitrogen and oxygen atoms in total. The van der Waals surface area contributed by atoms with E-state index >= 15 is 0 Å². The zero-order valence-electron chi connectivity index (χ0n) is 9.35. The fourth-order valence-corrected chi connectivity index (χ4v) is 3.32. The van der Waals surface area contributed by atoms with Crippen LogP contribution in [0, 0.1) is 0 Å². The highest BCUT2D eigenvalue weighted by atomic mass is 32.1. The maximum atomic E-state index is 10.6. The van der Waals surface area contributed by atoms with Crippen LogP contribution < -0.4 is 0 Å². The molecule has 2 aromatic rings. The van der Waals surface area contributed by atoms with Gasteiger partial charge in [0.05, 0.1) is 21.3 Å². The van der Waals surface area contributed by atoms with Gasteiger partial charge in [-0.1, -0.05) is 18.9 Å². The van der Waals surface area contributed by atoms with E-state index < -0.39 is 0 Å². The molecule has 0 amide bonds. The van der Waals surface area contributed by atoms with Gasteiger partial charge in [0.15, 0.2) is 0 Å². The smallest absolute Gasteiger partial charge is 0.235 e. The van der Waals surface area contributed by atoms with Crippen LogP contribution in [0.4, 0.5) is 0 Å². The minimum absolute atomic E-state index is 0.334. The molecule has 0 aliphatic heterocycles. The SMILES string of the molecule is O=C=NC1(c2ccc3scnc3c2)CCCC1. The van der Waals surface area contributed by atoms with Crippen molar-refractivity contribution < 1.29 is 4.79 Å². The molecule has 1 fully saturated rings. The van der Waals surface area contributed by atoms with Crippen molar-refractivity contribution in [2.75, 3.05) is 0 Å². The number of carbonyl (C=O) groups excluding carboxylic acids is 1. The molecule has 0 spiro atoms. The second kappa shape index (κ2) is 4.06. The van der Waals surface area contributed by atoms with E-state index in [0.717, 1.165) is 36.8 Å². The van der Waals surface area contributed by atoms with Gasteiger partial charge >= 0.3 is 0 Å². The summed E-state index contributed by atoms with van der Waals surface area (Å²) in [5.74, 6) is 0. The fourth-order valence-electron chi connectivity index (χ4n) is 2.66. The highest BCUT2D eigenvalue weighted by molar-refractivity contribution is 7.16. The molecule has 1 saturated carbocycles. The molecule has 1 aromatic carbocycles. The van der Waals surface area contributed by atoms with E-state index in [4.69, 9.17) is 0 Å². The maximum Gasteiger partial charge on any atom is 0.235 e. The molecule has 1 aliphatic carbocycles. The second-order valence-electron chi connectivity index (χ2n) is 4.48. The standard InChI is InChI=1S/C13H12N2OS/c16-8-15-13(5-1-2-6-13)10-3-4-12-11(7-10)14-9-17-12/h3-4,7,9H,1-2,5-6H2. The lowest BCUT2D eigenvalue weighted by Gasteiger charge is -2.22. The van der Waals surface area contributed by atoms with Gasteiger partial charge in [-0.2, -0.15) is 4.99 Å². The van der Waals surface area contributed by atoms with Gasteiger partial charge in [-0.05, 0) is 30.5 Å². The largest absolute Gasteiger partial charge is 0.245 e. The summed E-state index contributed by atoms with van der Waals surface area (Å²) >= 11 is 1.63. The Morgan fingerprint density at radius 3 is 2.94 bits per heavy atom. The number of isocyanates is 1. The first kappa shape index (κ1) is 10.6. The van der Waals surface area contributed by atoms with Crippen LogP contribution in [-0.4, -0.2) is 11.1 Å². The Morgan fingerprint density at radius 1 is 1.35 bits per heavy atom. The van der Waals surface area contributed by atoms with Crippen LogP contribution in [0.3, 0.4) is 0 Å². The topological polar surface area (TPSA) is 42.3 Å². The zero-order valence-corrected chi connectivity index (χ0v) is 10.2. The van der Waals surface area contributed by atoms with Crippen LogP contribution in [0.15, 0.2) is 28.7 Å². The number of nitrogens with zero attached hydrogens (tertiary/aromatic N) is 2. The molecule has 1 aromatic heterocycles. The molecular weight excluding hydrogens is 232 g/mol. The molecule has 17 heavy (non-hydrogen) atoms. The quantitative estimate of drug-likeness (QED) is 0.600. The maximum absolute atomic E-state index is 10.6. The van der Waals surface area contributed by atoms with E-state index in [2.05, 4.69) is 28.2 Å². The Hall–Kier alpha value is -1.51. The van der Waals surface area contributed by atoms with Gasteiger partial charge < -0.3 is 0 Å². The number of fused-ring (bicyclic) bond motifs is 1. The third-order valence-corrected chi connectivity index (χ3v) is 4.37. The van der Waals surface area contributed by atoms with E-state index in [9.17, 15) is 4.79 Å². The van der Waals surface area contributed by atoms with Crippen molar-refractivity contribution in [1.82, 2.24) is 4.98 Å². The number of aliphatic imine (C=N–C) groups is 1. The van der Waals surface area contributed by atoms with Crippen LogP contribution in [0.1, 0.15) is 31.2 Å². The minimum atomic E-state index is -0.334. The highest BCUT2D eigenvalue weighted by Gasteiger charge is 2.35. The van der Waals surface area contributed by atoms with Gasteiger partial charge in [-0.3, -0.25) is 0 Å². The second-order valence-corrected chi connectivity index (χ2v) is 5.36. The van der Waals surface area contributed by atoms with Crippen molar-refractivity contribution in [3.63, 3.8) is 0 Å². The summed E-state index contributed by atoms with van der Waals surface area (Å²) in [5, 5.41) is 0. The summed E-state index contributed by atoms with van der Waals surface area (Å²) in [6.07, 6.45) is 5.88. The summed E-state index contributed by atoms with van der Waals surface area (Å²) in [6.45, 7) is 0.